The zero-order chi connectivity index (χ0) is 19.1. The van der Waals surface area contributed by atoms with Crippen LogP contribution in [0.3, 0.4) is 0 Å². The van der Waals surface area contributed by atoms with Crippen LogP contribution in [0.15, 0.2) is 34.5 Å². The zero-order valence-electron chi connectivity index (χ0n) is 13.9. The zero-order valence-corrected chi connectivity index (χ0v) is 15.5. The summed E-state index contributed by atoms with van der Waals surface area (Å²) in [4.78, 5) is 35.7. The molecule has 8 heteroatoms. The quantitative estimate of drug-likeness (QED) is 0.319. The molecule has 0 fully saturated rings. The second-order valence-electron chi connectivity index (χ2n) is 5.04. The molecule has 2 aromatic rings. The van der Waals surface area contributed by atoms with E-state index in [1.165, 1.54) is 0 Å². The highest BCUT2D eigenvalue weighted by Crippen LogP contribution is 2.41. The number of carbonyl (C=O) groups is 3. The molecule has 0 saturated carbocycles. The van der Waals surface area contributed by atoms with Gasteiger partial charge < -0.3 is 9.84 Å². The Morgan fingerprint density at radius 1 is 1.23 bits per heavy atom. The summed E-state index contributed by atoms with van der Waals surface area (Å²) in [7, 11) is 0. The summed E-state index contributed by atoms with van der Waals surface area (Å²) in [6.45, 7) is 1.77. The lowest BCUT2D eigenvalue weighted by atomic mass is 10.2. The van der Waals surface area contributed by atoms with E-state index < -0.39 is 23.9 Å². The number of esters is 1. The number of benzene rings is 1. The van der Waals surface area contributed by atoms with Crippen LogP contribution in [0.1, 0.15) is 38.9 Å². The van der Waals surface area contributed by atoms with E-state index in [2.05, 4.69) is 0 Å². The smallest absolute Gasteiger partial charge is 0.313 e. The van der Waals surface area contributed by atoms with Gasteiger partial charge in [-0.15, -0.1) is 23.1 Å². The Hall–Kier alpha value is -2.63. The maximum absolute atomic E-state index is 12.2. The number of hydrogen-bond acceptors (Lipinski definition) is 8. The molecule has 1 N–H and O–H groups in total. The highest BCUT2D eigenvalue weighted by Gasteiger charge is 2.25. The van der Waals surface area contributed by atoms with Crippen molar-refractivity contribution in [3.63, 3.8) is 0 Å². The third kappa shape index (κ3) is 4.71. The van der Waals surface area contributed by atoms with E-state index in [0.717, 1.165) is 23.1 Å². The summed E-state index contributed by atoms with van der Waals surface area (Å²) in [5.74, 6) is -1.85. The van der Waals surface area contributed by atoms with E-state index in [9.17, 15) is 24.8 Å². The van der Waals surface area contributed by atoms with Gasteiger partial charge in [0.1, 0.15) is 22.9 Å². The van der Waals surface area contributed by atoms with Crippen LogP contribution < -0.4 is 0 Å². The fourth-order valence-electron chi connectivity index (χ4n) is 2.05. The van der Waals surface area contributed by atoms with Gasteiger partial charge in [0, 0.05) is 5.56 Å². The second-order valence-corrected chi connectivity index (χ2v) is 7.30. The summed E-state index contributed by atoms with van der Waals surface area (Å²) >= 11 is 1.97. The van der Waals surface area contributed by atoms with Crippen LogP contribution in [-0.2, 0) is 9.53 Å². The predicted octanol–water partition coefficient (Wildman–Crippen LogP) is 3.44. The Balaban J connectivity index is 2.14. The van der Waals surface area contributed by atoms with Crippen molar-refractivity contribution in [1.82, 2.24) is 0 Å². The molecule has 0 aliphatic heterocycles. The van der Waals surface area contributed by atoms with Crippen LogP contribution in [0.25, 0.3) is 0 Å². The van der Waals surface area contributed by atoms with Crippen LogP contribution >= 0.6 is 23.1 Å². The fraction of sp³-hybridized carbons (Fsp3) is 0.222. The molecule has 0 aliphatic carbocycles. The highest BCUT2D eigenvalue weighted by molar-refractivity contribution is 8.01. The first-order valence-corrected chi connectivity index (χ1v) is 9.43. The van der Waals surface area contributed by atoms with Crippen LogP contribution in [0.2, 0.25) is 0 Å². The van der Waals surface area contributed by atoms with E-state index in [1.807, 2.05) is 6.07 Å². The van der Waals surface area contributed by atoms with E-state index >= 15 is 0 Å². The Kier molecular flexibility index (Phi) is 6.95. The van der Waals surface area contributed by atoms with Gasteiger partial charge in [-0.25, -0.2) is 0 Å². The molecule has 0 aliphatic rings. The van der Waals surface area contributed by atoms with E-state index in [0.29, 0.717) is 9.77 Å². The summed E-state index contributed by atoms with van der Waals surface area (Å²) in [5, 5.41) is 19.4. The van der Waals surface area contributed by atoms with E-state index in [4.69, 9.17) is 4.74 Å². The highest BCUT2D eigenvalue weighted by atomic mass is 32.2. The number of nitriles is 1. The van der Waals surface area contributed by atoms with Gasteiger partial charge in [0.05, 0.1) is 16.6 Å². The third-order valence-corrected chi connectivity index (χ3v) is 5.75. The van der Waals surface area contributed by atoms with Gasteiger partial charge in [-0.2, -0.15) is 5.26 Å². The van der Waals surface area contributed by atoms with Crippen LogP contribution in [0, 0.1) is 11.3 Å². The first-order chi connectivity index (χ1) is 12.5. The Morgan fingerprint density at radius 2 is 1.92 bits per heavy atom. The van der Waals surface area contributed by atoms with Gasteiger partial charge in [-0.05, 0) is 6.92 Å². The molecule has 0 atom stereocenters. The topological polar surface area (TPSA) is 104 Å². The molecule has 0 radical (unpaired) electrons. The number of hydrogen-bond donors (Lipinski definition) is 1. The number of ether oxygens (including phenoxy) is 1. The molecule has 0 saturated heterocycles. The normalized spacial score (nSPS) is 10.2. The van der Waals surface area contributed by atoms with E-state index in [1.54, 1.807) is 37.3 Å². The molecule has 1 heterocycles. The number of ketones is 2. The van der Waals surface area contributed by atoms with Gasteiger partial charge >= 0.3 is 5.97 Å². The molecular formula is C18H15NO5S2. The molecule has 26 heavy (non-hydrogen) atoms. The lowest BCUT2D eigenvalue weighted by Crippen LogP contribution is -2.10. The summed E-state index contributed by atoms with van der Waals surface area (Å²) in [5.41, 5.74) is 0.478. The number of Topliss-reactive ketones (excluding diaryl/α,β-unsaturated/α-hetero) is 2. The standard InChI is InChI=1S/C18H15NO5S2/c1-2-24-15(22)8-13(20)17-16(23)12(9-19)18(26-17)25-10-14(21)11-6-4-3-5-7-11/h3-7,23H,2,8,10H2,1H3. The third-order valence-electron chi connectivity index (χ3n) is 3.26. The Labute approximate surface area is 158 Å². The van der Waals surface area contributed by atoms with Crippen molar-refractivity contribution in [2.75, 3.05) is 12.4 Å². The number of thiophene rings is 1. The fourth-order valence-corrected chi connectivity index (χ4v) is 4.25. The molecule has 1 aromatic heterocycles. The molecule has 0 unspecified atom stereocenters. The van der Waals surface area contributed by atoms with Crippen LogP contribution in [-0.4, -0.2) is 35.0 Å². The predicted molar refractivity (Wildman–Crippen MR) is 97.8 cm³/mol. The summed E-state index contributed by atoms with van der Waals surface area (Å²) < 4.78 is 5.08. The summed E-state index contributed by atoms with van der Waals surface area (Å²) in [6.07, 6.45) is -0.514. The van der Waals surface area contributed by atoms with Crippen molar-refractivity contribution in [2.45, 2.75) is 17.6 Å². The molecule has 0 spiro atoms. The van der Waals surface area contributed by atoms with Crippen LogP contribution in [0.5, 0.6) is 5.75 Å². The number of rotatable bonds is 8. The van der Waals surface area contributed by atoms with Crippen molar-refractivity contribution >= 4 is 40.6 Å². The monoisotopic (exact) mass is 389 g/mol. The van der Waals surface area contributed by atoms with Crippen LogP contribution in [0.4, 0.5) is 0 Å². The van der Waals surface area contributed by atoms with Crippen molar-refractivity contribution in [1.29, 1.82) is 5.26 Å². The second kappa shape index (κ2) is 9.17. The van der Waals surface area contributed by atoms with E-state index in [-0.39, 0.29) is 28.6 Å². The molecule has 6 nitrogen and oxygen atoms in total. The molecule has 0 bridgehead atoms. The number of carbonyl (C=O) groups excluding carboxylic acids is 3. The number of nitrogens with zero attached hydrogens (tertiary/aromatic N) is 1. The lowest BCUT2D eigenvalue weighted by molar-refractivity contribution is -0.141. The number of aromatic hydroxyl groups is 1. The van der Waals surface area contributed by atoms with Crippen molar-refractivity contribution < 1.29 is 24.2 Å². The summed E-state index contributed by atoms with van der Waals surface area (Å²) in [6, 6.07) is 10.5. The largest absolute Gasteiger partial charge is 0.505 e. The molecule has 134 valence electrons. The minimum Gasteiger partial charge on any atom is -0.505 e. The minimum atomic E-state index is -0.697. The van der Waals surface area contributed by atoms with Gasteiger partial charge in [-0.1, -0.05) is 30.3 Å². The molecule has 2 rings (SSSR count). The first-order valence-electron chi connectivity index (χ1n) is 7.63. The lowest BCUT2D eigenvalue weighted by Gasteiger charge is -2.00. The van der Waals surface area contributed by atoms with Gasteiger partial charge in [0.15, 0.2) is 17.3 Å². The Morgan fingerprint density at radius 3 is 2.54 bits per heavy atom. The Bertz CT molecular complexity index is 868. The van der Waals surface area contributed by atoms with Crippen molar-refractivity contribution in [3.8, 4) is 11.8 Å². The van der Waals surface area contributed by atoms with Crippen molar-refractivity contribution in [3.05, 3.63) is 46.3 Å². The van der Waals surface area contributed by atoms with Gasteiger partial charge in [0.2, 0.25) is 0 Å². The molecule has 1 aromatic carbocycles. The SMILES string of the molecule is CCOC(=O)CC(=O)c1sc(SCC(=O)c2ccccc2)c(C#N)c1O. The average molecular weight is 389 g/mol. The number of thioether (sulfide) groups is 1. The maximum atomic E-state index is 12.2. The van der Waals surface area contributed by atoms with Gasteiger partial charge in [0.25, 0.3) is 0 Å². The van der Waals surface area contributed by atoms with Gasteiger partial charge in [-0.3, -0.25) is 14.4 Å². The van der Waals surface area contributed by atoms with Crippen molar-refractivity contribution in [2.24, 2.45) is 0 Å². The molecule has 0 amide bonds. The minimum absolute atomic E-state index is 0.0597. The first kappa shape index (κ1) is 19.7. The maximum Gasteiger partial charge on any atom is 0.313 e. The average Bonchev–Trinajstić information content (AvgIpc) is 2.96. The molecular weight excluding hydrogens is 374 g/mol.